The number of nitrogens with one attached hydrogen (secondary N) is 1. The monoisotopic (exact) mass is 276 g/mol. The smallest absolute Gasteiger partial charge is 0.238 e. The van der Waals surface area contributed by atoms with Crippen LogP contribution < -0.4 is 5.32 Å². The zero-order chi connectivity index (χ0) is 14.8. The van der Waals surface area contributed by atoms with Gasteiger partial charge in [0, 0.05) is 13.7 Å². The van der Waals surface area contributed by atoms with Crippen LogP contribution in [0.15, 0.2) is 24.3 Å². The Bertz CT molecular complexity index is 462. The number of hydrogen-bond acceptors (Lipinski definition) is 3. The van der Waals surface area contributed by atoms with E-state index in [-0.39, 0.29) is 17.5 Å². The molecule has 1 aliphatic heterocycles. The Morgan fingerprint density at radius 1 is 1.30 bits per heavy atom. The van der Waals surface area contributed by atoms with Gasteiger partial charge in [0.2, 0.25) is 5.91 Å². The summed E-state index contributed by atoms with van der Waals surface area (Å²) in [5.41, 5.74) is 2.57. The third-order valence-electron chi connectivity index (χ3n) is 3.71. The Morgan fingerprint density at radius 3 is 2.50 bits per heavy atom. The number of hydrogen-bond donors (Lipinski definition) is 1. The summed E-state index contributed by atoms with van der Waals surface area (Å²) in [6.45, 7) is 8.17. The third-order valence-corrected chi connectivity index (χ3v) is 3.71. The minimum Gasteiger partial charge on any atom is -0.383 e. The molecule has 1 aromatic carbocycles. The van der Waals surface area contributed by atoms with E-state index in [4.69, 9.17) is 4.74 Å². The van der Waals surface area contributed by atoms with E-state index in [2.05, 4.69) is 50.4 Å². The molecule has 0 spiro atoms. The Morgan fingerprint density at radius 2 is 1.95 bits per heavy atom. The molecular weight excluding hydrogens is 252 g/mol. The molecule has 0 aliphatic carbocycles. The zero-order valence-corrected chi connectivity index (χ0v) is 12.8. The first-order valence-electron chi connectivity index (χ1n) is 7.05. The summed E-state index contributed by atoms with van der Waals surface area (Å²) in [5, 5.41) is 3.26. The second kappa shape index (κ2) is 5.94. The lowest BCUT2D eigenvalue weighted by Gasteiger charge is -2.25. The van der Waals surface area contributed by atoms with Crippen molar-refractivity contribution in [1.82, 2.24) is 10.2 Å². The minimum absolute atomic E-state index is 0.0355. The van der Waals surface area contributed by atoms with Gasteiger partial charge in [-0.1, -0.05) is 45.0 Å². The maximum absolute atomic E-state index is 11.9. The summed E-state index contributed by atoms with van der Waals surface area (Å²) in [5.74, 6) is 0.131. The highest BCUT2D eigenvalue weighted by Gasteiger charge is 2.31. The number of ether oxygens (including phenoxy) is 1. The van der Waals surface area contributed by atoms with Crippen molar-refractivity contribution in [2.75, 3.05) is 26.8 Å². The van der Waals surface area contributed by atoms with E-state index in [9.17, 15) is 4.79 Å². The van der Waals surface area contributed by atoms with Crippen LogP contribution in [-0.4, -0.2) is 37.6 Å². The molecule has 1 unspecified atom stereocenters. The van der Waals surface area contributed by atoms with Crippen LogP contribution in [0.25, 0.3) is 0 Å². The van der Waals surface area contributed by atoms with Crippen molar-refractivity contribution in [2.45, 2.75) is 32.4 Å². The molecule has 1 atom stereocenters. The molecule has 4 heteroatoms. The first kappa shape index (κ1) is 15.0. The molecule has 1 saturated heterocycles. The SMILES string of the molecule is COCCN1C(=O)CNC1c1ccc(C(C)(C)C)cc1. The van der Waals surface area contributed by atoms with Crippen molar-refractivity contribution in [3.8, 4) is 0 Å². The molecule has 0 aromatic heterocycles. The van der Waals surface area contributed by atoms with Gasteiger partial charge in [-0.25, -0.2) is 0 Å². The van der Waals surface area contributed by atoms with Gasteiger partial charge in [0.15, 0.2) is 0 Å². The van der Waals surface area contributed by atoms with Crippen LogP contribution in [0, 0.1) is 0 Å². The summed E-state index contributed by atoms with van der Waals surface area (Å²) < 4.78 is 5.08. The number of amides is 1. The van der Waals surface area contributed by atoms with E-state index in [0.717, 1.165) is 5.56 Å². The van der Waals surface area contributed by atoms with Crippen molar-refractivity contribution < 1.29 is 9.53 Å². The molecule has 1 fully saturated rings. The summed E-state index contributed by atoms with van der Waals surface area (Å²) in [6.07, 6.45) is -0.0355. The van der Waals surface area contributed by atoms with E-state index in [0.29, 0.717) is 19.7 Å². The molecule has 2 rings (SSSR count). The molecule has 0 radical (unpaired) electrons. The molecular formula is C16H24N2O2. The van der Waals surface area contributed by atoms with Crippen LogP contribution in [-0.2, 0) is 14.9 Å². The standard InChI is InChI=1S/C16H24N2O2/c1-16(2,3)13-7-5-12(6-8-13)15-17-11-14(19)18(15)9-10-20-4/h5-8,15,17H,9-11H2,1-4H3. The summed E-state index contributed by atoms with van der Waals surface area (Å²) in [7, 11) is 1.65. The van der Waals surface area contributed by atoms with Crippen molar-refractivity contribution in [3.05, 3.63) is 35.4 Å². The third kappa shape index (κ3) is 3.19. The average Bonchev–Trinajstić information content (AvgIpc) is 2.77. The molecule has 110 valence electrons. The Balaban J connectivity index is 2.16. The molecule has 20 heavy (non-hydrogen) atoms. The van der Waals surface area contributed by atoms with Crippen LogP contribution in [0.1, 0.15) is 38.1 Å². The van der Waals surface area contributed by atoms with Crippen LogP contribution in [0.4, 0.5) is 0 Å². The molecule has 4 nitrogen and oxygen atoms in total. The van der Waals surface area contributed by atoms with Gasteiger partial charge in [0.05, 0.1) is 13.2 Å². The fourth-order valence-electron chi connectivity index (χ4n) is 2.45. The topological polar surface area (TPSA) is 41.6 Å². The second-order valence-corrected chi connectivity index (χ2v) is 6.24. The quantitative estimate of drug-likeness (QED) is 0.915. The van der Waals surface area contributed by atoms with Gasteiger partial charge in [0.1, 0.15) is 6.17 Å². The lowest BCUT2D eigenvalue weighted by Crippen LogP contribution is -2.33. The Hall–Kier alpha value is -1.39. The number of benzene rings is 1. The van der Waals surface area contributed by atoms with Gasteiger partial charge in [0.25, 0.3) is 0 Å². The Labute approximate surface area is 121 Å². The molecule has 1 N–H and O–H groups in total. The van der Waals surface area contributed by atoms with Crippen molar-refractivity contribution in [3.63, 3.8) is 0 Å². The molecule has 1 heterocycles. The summed E-state index contributed by atoms with van der Waals surface area (Å²) in [6, 6.07) is 8.51. The van der Waals surface area contributed by atoms with Crippen LogP contribution in [0.3, 0.4) is 0 Å². The first-order chi connectivity index (χ1) is 9.43. The number of methoxy groups -OCH3 is 1. The molecule has 1 amide bonds. The number of carbonyl (C=O) groups is 1. The lowest BCUT2D eigenvalue weighted by molar-refractivity contribution is -0.128. The van der Waals surface area contributed by atoms with Gasteiger partial charge in [-0.3, -0.25) is 10.1 Å². The highest BCUT2D eigenvalue weighted by atomic mass is 16.5. The fraction of sp³-hybridized carbons (Fsp3) is 0.562. The second-order valence-electron chi connectivity index (χ2n) is 6.24. The van der Waals surface area contributed by atoms with Crippen LogP contribution >= 0.6 is 0 Å². The van der Waals surface area contributed by atoms with Gasteiger partial charge in [-0.15, -0.1) is 0 Å². The van der Waals surface area contributed by atoms with E-state index < -0.39 is 0 Å². The van der Waals surface area contributed by atoms with Crippen molar-refractivity contribution in [1.29, 1.82) is 0 Å². The van der Waals surface area contributed by atoms with Crippen molar-refractivity contribution >= 4 is 5.91 Å². The van der Waals surface area contributed by atoms with Gasteiger partial charge >= 0.3 is 0 Å². The number of rotatable bonds is 4. The number of nitrogens with zero attached hydrogens (tertiary/aromatic N) is 1. The summed E-state index contributed by atoms with van der Waals surface area (Å²) >= 11 is 0. The zero-order valence-electron chi connectivity index (χ0n) is 12.8. The van der Waals surface area contributed by atoms with Gasteiger partial charge < -0.3 is 9.64 Å². The normalized spacial score (nSPS) is 19.7. The highest BCUT2D eigenvalue weighted by Crippen LogP contribution is 2.26. The van der Waals surface area contributed by atoms with Crippen molar-refractivity contribution in [2.24, 2.45) is 0 Å². The predicted octanol–water partition coefficient (Wildman–Crippen LogP) is 2.06. The lowest BCUT2D eigenvalue weighted by atomic mass is 9.86. The van der Waals surface area contributed by atoms with Crippen LogP contribution in [0.2, 0.25) is 0 Å². The first-order valence-corrected chi connectivity index (χ1v) is 7.05. The van der Waals surface area contributed by atoms with E-state index in [1.54, 1.807) is 7.11 Å². The predicted molar refractivity (Wildman–Crippen MR) is 79.5 cm³/mol. The van der Waals surface area contributed by atoms with E-state index in [1.165, 1.54) is 5.56 Å². The van der Waals surface area contributed by atoms with Crippen LogP contribution in [0.5, 0.6) is 0 Å². The molecule has 1 aromatic rings. The average molecular weight is 276 g/mol. The Kier molecular flexibility index (Phi) is 4.45. The molecule has 0 saturated carbocycles. The van der Waals surface area contributed by atoms with Gasteiger partial charge in [-0.2, -0.15) is 0 Å². The minimum atomic E-state index is -0.0355. The van der Waals surface area contributed by atoms with E-state index >= 15 is 0 Å². The largest absolute Gasteiger partial charge is 0.383 e. The maximum Gasteiger partial charge on any atom is 0.238 e. The fourth-order valence-corrected chi connectivity index (χ4v) is 2.45. The van der Waals surface area contributed by atoms with E-state index in [1.807, 2.05) is 4.90 Å². The van der Waals surface area contributed by atoms with Gasteiger partial charge in [-0.05, 0) is 16.5 Å². The maximum atomic E-state index is 11.9. The summed E-state index contributed by atoms with van der Waals surface area (Å²) in [4.78, 5) is 13.7. The molecule has 0 bridgehead atoms. The number of carbonyl (C=O) groups excluding carboxylic acids is 1. The molecule has 1 aliphatic rings. The highest BCUT2D eigenvalue weighted by molar-refractivity contribution is 5.80.